The van der Waals surface area contributed by atoms with Gasteiger partial charge < -0.3 is 10.1 Å². The van der Waals surface area contributed by atoms with Crippen molar-refractivity contribution in [3.63, 3.8) is 0 Å². The van der Waals surface area contributed by atoms with Gasteiger partial charge in [-0.05, 0) is 31.9 Å². The van der Waals surface area contributed by atoms with E-state index in [1.165, 1.54) is 13.0 Å². The second kappa shape index (κ2) is 9.47. The SMILES string of the molecule is CC[S@@](=O)c1ccccc1C(=O)O[C@@H](C)C(=O)NC(=O)NC1CCCC1. The summed E-state index contributed by atoms with van der Waals surface area (Å²) in [6, 6.07) is 5.91. The summed E-state index contributed by atoms with van der Waals surface area (Å²) in [6.45, 7) is 3.13. The van der Waals surface area contributed by atoms with E-state index in [9.17, 15) is 18.6 Å². The maximum atomic E-state index is 12.3. The van der Waals surface area contributed by atoms with Crippen molar-refractivity contribution in [3.8, 4) is 0 Å². The number of benzene rings is 1. The van der Waals surface area contributed by atoms with E-state index in [-0.39, 0.29) is 11.6 Å². The van der Waals surface area contributed by atoms with Crippen molar-refractivity contribution in [2.45, 2.75) is 56.6 Å². The van der Waals surface area contributed by atoms with Gasteiger partial charge in [0.15, 0.2) is 6.10 Å². The lowest BCUT2D eigenvalue weighted by Gasteiger charge is -2.16. The number of carbonyl (C=O) groups is 3. The zero-order valence-electron chi connectivity index (χ0n) is 14.9. The van der Waals surface area contributed by atoms with Gasteiger partial charge in [-0.1, -0.05) is 31.9 Å². The van der Waals surface area contributed by atoms with E-state index in [0.717, 1.165) is 25.7 Å². The predicted octanol–water partition coefficient (Wildman–Crippen LogP) is 2.13. The summed E-state index contributed by atoms with van der Waals surface area (Å²) in [6.07, 6.45) is 2.77. The van der Waals surface area contributed by atoms with Gasteiger partial charge in [-0.3, -0.25) is 14.3 Å². The van der Waals surface area contributed by atoms with Crippen LogP contribution in [0.25, 0.3) is 0 Å². The Balaban J connectivity index is 1.93. The summed E-state index contributed by atoms with van der Waals surface area (Å²) in [4.78, 5) is 36.6. The molecular weight excluding hydrogens is 356 g/mol. The molecule has 1 aromatic rings. The molecule has 1 fully saturated rings. The lowest BCUT2D eigenvalue weighted by Crippen LogP contribution is -2.47. The first-order valence-electron chi connectivity index (χ1n) is 8.72. The molecule has 1 saturated carbocycles. The minimum Gasteiger partial charge on any atom is -0.449 e. The molecule has 3 amide bonds. The third kappa shape index (κ3) is 5.39. The highest BCUT2D eigenvalue weighted by atomic mass is 32.2. The first-order valence-corrected chi connectivity index (χ1v) is 10.0. The largest absolute Gasteiger partial charge is 0.449 e. The molecule has 1 aromatic carbocycles. The first kappa shape index (κ1) is 20.1. The Labute approximate surface area is 155 Å². The zero-order chi connectivity index (χ0) is 19.1. The molecule has 8 heteroatoms. The number of hydrogen-bond acceptors (Lipinski definition) is 5. The van der Waals surface area contributed by atoms with E-state index in [2.05, 4.69) is 10.6 Å². The predicted molar refractivity (Wildman–Crippen MR) is 97.2 cm³/mol. The molecule has 2 N–H and O–H groups in total. The van der Waals surface area contributed by atoms with Gasteiger partial charge in [0.25, 0.3) is 5.91 Å². The molecule has 0 radical (unpaired) electrons. The molecule has 0 aromatic heterocycles. The molecule has 2 rings (SSSR count). The second-order valence-corrected chi connectivity index (χ2v) is 7.83. The van der Waals surface area contributed by atoms with Gasteiger partial charge in [0.2, 0.25) is 0 Å². The van der Waals surface area contributed by atoms with E-state index in [4.69, 9.17) is 4.74 Å². The van der Waals surface area contributed by atoms with Crippen molar-refractivity contribution in [3.05, 3.63) is 29.8 Å². The first-order chi connectivity index (χ1) is 12.4. The average molecular weight is 380 g/mol. The summed E-state index contributed by atoms with van der Waals surface area (Å²) in [5.41, 5.74) is 0.155. The van der Waals surface area contributed by atoms with E-state index in [1.807, 2.05) is 0 Å². The highest BCUT2D eigenvalue weighted by Gasteiger charge is 2.24. The fourth-order valence-corrected chi connectivity index (χ4v) is 3.71. The number of imide groups is 1. The van der Waals surface area contributed by atoms with Crippen LogP contribution in [-0.4, -0.2) is 40.0 Å². The van der Waals surface area contributed by atoms with Gasteiger partial charge in [-0.25, -0.2) is 9.59 Å². The Morgan fingerprint density at radius 1 is 1.23 bits per heavy atom. The smallest absolute Gasteiger partial charge is 0.340 e. The standard InChI is InChI=1S/C18H24N2O5S/c1-3-26(24)15-11-7-6-10-14(15)17(22)25-12(2)16(21)20-18(23)19-13-8-4-5-9-13/h6-7,10-13H,3-5,8-9H2,1-2H3,(H2,19,20,21,23)/t12-,26+/m0/s1. The molecule has 0 unspecified atom stereocenters. The van der Waals surface area contributed by atoms with Gasteiger partial charge in [0.05, 0.1) is 21.3 Å². The van der Waals surface area contributed by atoms with Crippen LogP contribution in [0.1, 0.15) is 49.9 Å². The highest BCUT2D eigenvalue weighted by molar-refractivity contribution is 7.85. The molecule has 0 heterocycles. The van der Waals surface area contributed by atoms with Crippen molar-refractivity contribution < 1.29 is 23.3 Å². The van der Waals surface area contributed by atoms with E-state index < -0.39 is 34.8 Å². The molecule has 0 saturated heterocycles. The van der Waals surface area contributed by atoms with E-state index >= 15 is 0 Å². The Kier molecular flexibility index (Phi) is 7.32. The van der Waals surface area contributed by atoms with Crippen molar-refractivity contribution in [1.29, 1.82) is 0 Å². The van der Waals surface area contributed by atoms with Crippen LogP contribution in [0.3, 0.4) is 0 Å². The Hall–Kier alpha value is -2.22. The summed E-state index contributed by atoms with van der Waals surface area (Å²) in [5.74, 6) is -1.09. The maximum absolute atomic E-state index is 12.3. The lowest BCUT2D eigenvalue weighted by atomic mass is 10.2. The number of esters is 1. The monoisotopic (exact) mass is 380 g/mol. The fourth-order valence-electron chi connectivity index (χ4n) is 2.77. The fraction of sp³-hybridized carbons (Fsp3) is 0.500. The van der Waals surface area contributed by atoms with Gasteiger partial charge in [0.1, 0.15) is 0 Å². The van der Waals surface area contributed by atoms with Crippen molar-refractivity contribution in [2.75, 3.05) is 5.75 Å². The molecule has 0 spiro atoms. The molecule has 0 aliphatic heterocycles. The van der Waals surface area contributed by atoms with Crippen LogP contribution in [0.2, 0.25) is 0 Å². The molecule has 2 atom stereocenters. The normalized spacial score (nSPS) is 16.5. The summed E-state index contributed by atoms with van der Waals surface area (Å²) >= 11 is 0. The average Bonchev–Trinajstić information content (AvgIpc) is 3.13. The summed E-state index contributed by atoms with van der Waals surface area (Å²) in [5, 5.41) is 4.92. The number of rotatable bonds is 6. The van der Waals surface area contributed by atoms with E-state index in [0.29, 0.717) is 10.6 Å². The minimum absolute atomic E-state index is 0.0801. The number of carbonyl (C=O) groups excluding carboxylic acids is 3. The topological polar surface area (TPSA) is 102 Å². The number of ether oxygens (including phenoxy) is 1. The van der Waals surface area contributed by atoms with Gasteiger partial charge in [-0.15, -0.1) is 0 Å². The van der Waals surface area contributed by atoms with Crippen molar-refractivity contribution in [2.24, 2.45) is 0 Å². The summed E-state index contributed by atoms with van der Waals surface area (Å²) < 4.78 is 17.2. The van der Waals surface area contributed by atoms with Crippen molar-refractivity contribution >= 4 is 28.7 Å². The highest BCUT2D eigenvalue weighted by Crippen LogP contribution is 2.17. The third-order valence-electron chi connectivity index (χ3n) is 4.19. The molecule has 142 valence electrons. The van der Waals surface area contributed by atoms with E-state index in [1.54, 1.807) is 25.1 Å². The van der Waals surface area contributed by atoms with Crippen LogP contribution >= 0.6 is 0 Å². The maximum Gasteiger partial charge on any atom is 0.340 e. The molecule has 7 nitrogen and oxygen atoms in total. The second-order valence-electron chi connectivity index (χ2n) is 6.12. The third-order valence-corrected chi connectivity index (χ3v) is 5.57. The molecule has 1 aliphatic rings. The van der Waals surface area contributed by atoms with Crippen molar-refractivity contribution in [1.82, 2.24) is 10.6 Å². The molecule has 1 aliphatic carbocycles. The lowest BCUT2D eigenvalue weighted by molar-refractivity contribution is -0.127. The molecule has 26 heavy (non-hydrogen) atoms. The van der Waals surface area contributed by atoms with Crippen LogP contribution in [0.15, 0.2) is 29.2 Å². The Morgan fingerprint density at radius 3 is 2.54 bits per heavy atom. The van der Waals surface area contributed by atoms with Crippen LogP contribution in [0, 0.1) is 0 Å². The Morgan fingerprint density at radius 2 is 1.88 bits per heavy atom. The van der Waals surface area contributed by atoms with Crippen LogP contribution in [-0.2, 0) is 20.3 Å². The quantitative estimate of drug-likeness (QED) is 0.736. The van der Waals surface area contributed by atoms with Crippen LogP contribution in [0.4, 0.5) is 4.79 Å². The van der Waals surface area contributed by atoms with Gasteiger partial charge >= 0.3 is 12.0 Å². The number of nitrogens with one attached hydrogen (secondary N) is 2. The number of urea groups is 1. The van der Waals surface area contributed by atoms with Gasteiger partial charge in [-0.2, -0.15) is 0 Å². The van der Waals surface area contributed by atoms with Crippen LogP contribution in [0.5, 0.6) is 0 Å². The number of amides is 3. The number of hydrogen-bond donors (Lipinski definition) is 2. The minimum atomic E-state index is -1.33. The van der Waals surface area contributed by atoms with Gasteiger partial charge in [0, 0.05) is 11.8 Å². The molecular formula is C18H24N2O5S. The zero-order valence-corrected chi connectivity index (χ0v) is 15.8. The summed E-state index contributed by atoms with van der Waals surface area (Å²) in [7, 11) is -1.33. The molecule has 0 bridgehead atoms. The van der Waals surface area contributed by atoms with Crippen LogP contribution < -0.4 is 10.6 Å². The Bertz CT molecular complexity index is 701.